The van der Waals surface area contributed by atoms with Gasteiger partial charge in [-0.3, -0.25) is 4.79 Å². The average molecular weight is 418 g/mol. The van der Waals surface area contributed by atoms with Crippen molar-refractivity contribution in [2.75, 3.05) is 25.7 Å². The molecule has 2 aromatic carbocycles. The highest BCUT2D eigenvalue weighted by molar-refractivity contribution is 6.31. The fourth-order valence-electron chi connectivity index (χ4n) is 3.27. The Morgan fingerprint density at radius 2 is 2.03 bits per heavy atom. The lowest BCUT2D eigenvalue weighted by Crippen LogP contribution is -2.24. The van der Waals surface area contributed by atoms with Gasteiger partial charge in [-0.25, -0.2) is 4.39 Å². The number of carbonyl (C=O) groups is 1. The average Bonchev–Trinajstić information content (AvgIpc) is 3.36. The van der Waals surface area contributed by atoms with E-state index in [4.69, 9.17) is 25.6 Å². The lowest BCUT2D eigenvalue weighted by molar-refractivity contribution is -0.117. The van der Waals surface area contributed by atoms with Gasteiger partial charge < -0.3 is 18.9 Å². The summed E-state index contributed by atoms with van der Waals surface area (Å²) in [5.74, 6) is 0.913. The van der Waals surface area contributed by atoms with Crippen molar-refractivity contribution in [2.24, 2.45) is 0 Å². The van der Waals surface area contributed by atoms with Crippen molar-refractivity contribution in [1.29, 1.82) is 0 Å². The van der Waals surface area contributed by atoms with Crippen molar-refractivity contribution in [3.63, 3.8) is 0 Å². The Bertz CT molecular complexity index is 1070. The minimum atomic E-state index is -0.524. The van der Waals surface area contributed by atoms with Crippen LogP contribution in [0.1, 0.15) is 18.2 Å². The first-order valence-corrected chi connectivity index (χ1v) is 9.19. The molecule has 0 saturated carbocycles. The first-order chi connectivity index (χ1) is 14.0. The number of halogens is 2. The number of amides is 1. The van der Waals surface area contributed by atoms with Crippen molar-refractivity contribution >= 4 is 23.2 Å². The van der Waals surface area contributed by atoms with Crippen LogP contribution in [0.5, 0.6) is 11.5 Å². The molecule has 2 heterocycles. The number of methoxy groups -OCH3 is 2. The lowest BCUT2D eigenvalue weighted by atomic mass is 10.1. The molecule has 3 aromatic rings. The topological polar surface area (TPSA) is 77.7 Å². The van der Waals surface area contributed by atoms with Crippen molar-refractivity contribution in [2.45, 2.75) is 12.3 Å². The maximum Gasteiger partial charge on any atom is 0.232 e. The molecule has 0 aliphatic carbocycles. The Kier molecular flexibility index (Phi) is 5.10. The van der Waals surface area contributed by atoms with Crippen LogP contribution in [0.25, 0.3) is 11.4 Å². The van der Waals surface area contributed by atoms with E-state index in [1.165, 1.54) is 25.3 Å². The second kappa shape index (κ2) is 7.71. The predicted molar refractivity (Wildman–Crippen MR) is 104 cm³/mol. The zero-order chi connectivity index (χ0) is 20.5. The Labute approximate surface area is 171 Å². The van der Waals surface area contributed by atoms with Crippen LogP contribution in [0.4, 0.5) is 10.1 Å². The van der Waals surface area contributed by atoms with Gasteiger partial charge in [0.2, 0.25) is 17.6 Å². The van der Waals surface area contributed by atoms with Crippen LogP contribution in [0.2, 0.25) is 5.02 Å². The number of aromatic nitrogens is 2. The van der Waals surface area contributed by atoms with Gasteiger partial charge in [0.25, 0.3) is 0 Å². The lowest BCUT2D eigenvalue weighted by Gasteiger charge is -2.19. The van der Waals surface area contributed by atoms with E-state index >= 15 is 0 Å². The van der Waals surface area contributed by atoms with Gasteiger partial charge in [-0.05, 0) is 30.3 Å². The second-order valence-corrected chi connectivity index (χ2v) is 6.94. The summed E-state index contributed by atoms with van der Waals surface area (Å²) in [4.78, 5) is 18.6. The summed E-state index contributed by atoms with van der Waals surface area (Å²) in [5.41, 5.74) is 1.18. The molecule has 0 radical (unpaired) electrons. The van der Waals surface area contributed by atoms with Gasteiger partial charge in [0, 0.05) is 24.6 Å². The van der Waals surface area contributed by atoms with Crippen molar-refractivity contribution in [1.82, 2.24) is 10.1 Å². The summed E-state index contributed by atoms with van der Waals surface area (Å²) in [5, 5.41) is 3.92. The largest absolute Gasteiger partial charge is 0.497 e. The summed E-state index contributed by atoms with van der Waals surface area (Å²) >= 11 is 5.82. The molecule has 29 heavy (non-hydrogen) atoms. The number of rotatable bonds is 5. The highest BCUT2D eigenvalue weighted by atomic mass is 35.5. The monoisotopic (exact) mass is 417 g/mol. The molecule has 1 amide bonds. The van der Waals surface area contributed by atoms with Gasteiger partial charge in [-0.15, -0.1) is 0 Å². The third kappa shape index (κ3) is 3.63. The Morgan fingerprint density at radius 1 is 1.21 bits per heavy atom. The fourth-order valence-corrected chi connectivity index (χ4v) is 3.45. The minimum Gasteiger partial charge on any atom is -0.497 e. The minimum absolute atomic E-state index is 0.0253. The Morgan fingerprint density at radius 3 is 2.76 bits per heavy atom. The summed E-state index contributed by atoms with van der Waals surface area (Å²) < 4.78 is 29.3. The summed E-state index contributed by atoms with van der Waals surface area (Å²) in [6.07, 6.45) is 0.223. The number of ether oxygens (including phenoxy) is 2. The van der Waals surface area contributed by atoms with Crippen LogP contribution < -0.4 is 14.4 Å². The van der Waals surface area contributed by atoms with Crippen molar-refractivity contribution < 1.29 is 23.2 Å². The number of hydrogen-bond acceptors (Lipinski definition) is 6. The number of nitrogens with zero attached hydrogens (tertiary/aromatic N) is 3. The molecular weight excluding hydrogens is 401 g/mol. The molecule has 1 aromatic heterocycles. The van der Waals surface area contributed by atoms with Crippen LogP contribution >= 0.6 is 11.6 Å². The van der Waals surface area contributed by atoms with Gasteiger partial charge in [0.15, 0.2) is 0 Å². The van der Waals surface area contributed by atoms with Gasteiger partial charge in [0.1, 0.15) is 17.3 Å². The first-order valence-electron chi connectivity index (χ1n) is 8.81. The smallest absolute Gasteiger partial charge is 0.232 e. The molecule has 1 unspecified atom stereocenters. The molecule has 150 valence electrons. The number of anilines is 1. The van der Waals surface area contributed by atoms with E-state index in [0.29, 0.717) is 35.2 Å². The van der Waals surface area contributed by atoms with E-state index < -0.39 is 5.82 Å². The van der Waals surface area contributed by atoms with E-state index in [9.17, 15) is 9.18 Å². The molecule has 0 bridgehead atoms. The normalized spacial score (nSPS) is 16.3. The quantitative estimate of drug-likeness (QED) is 0.622. The van der Waals surface area contributed by atoms with Crippen LogP contribution in [-0.2, 0) is 4.79 Å². The molecule has 4 rings (SSSR count). The van der Waals surface area contributed by atoms with Crippen molar-refractivity contribution in [3.8, 4) is 22.9 Å². The highest BCUT2D eigenvalue weighted by Gasteiger charge is 2.36. The van der Waals surface area contributed by atoms with E-state index in [1.807, 2.05) is 0 Å². The number of hydrogen-bond donors (Lipinski definition) is 0. The van der Waals surface area contributed by atoms with E-state index in [0.717, 1.165) is 0 Å². The molecule has 0 N–H and O–H groups in total. The Balaban J connectivity index is 1.57. The summed E-state index contributed by atoms with van der Waals surface area (Å²) in [6.45, 7) is 0.368. The molecule has 7 nitrogen and oxygen atoms in total. The molecule has 1 aliphatic rings. The molecule has 1 atom stereocenters. The van der Waals surface area contributed by atoms with Gasteiger partial charge >= 0.3 is 0 Å². The maximum atomic E-state index is 13.4. The standard InChI is InChI=1S/C20H17ClFN3O4/c1-27-13-4-6-16(17(9-13)28-2)25-10-12(8-18(25)26)20-23-19(24-29-20)11-3-5-15(22)14(21)7-11/h3-7,9,12H,8,10H2,1-2H3. The van der Waals surface area contributed by atoms with Gasteiger partial charge in [-0.1, -0.05) is 16.8 Å². The zero-order valence-electron chi connectivity index (χ0n) is 15.7. The molecule has 1 fully saturated rings. The van der Waals surface area contributed by atoms with E-state index in [-0.39, 0.29) is 29.1 Å². The SMILES string of the molecule is COc1ccc(N2CC(c3nc(-c4ccc(F)c(Cl)c4)no3)CC2=O)c(OC)c1. The highest BCUT2D eigenvalue weighted by Crippen LogP contribution is 2.38. The number of benzene rings is 2. The fraction of sp³-hybridized carbons (Fsp3) is 0.250. The predicted octanol–water partition coefficient (Wildman–Crippen LogP) is 4.07. The van der Waals surface area contributed by atoms with Crippen LogP contribution in [0.15, 0.2) is 40.9 Å². The van der Waals surface area contributed by atoms with Crippen LogP contribution in [0, 0.1) is 5.82 Å². The van der Waals surface area contributed by atoms with E-state index in [2.05, 4.69) is 10.1 Å². The summed E-state index contributed by atoms with van der Waals surface area (Å²) in [6, 6.07) is 9.45. The van der Waals surface area contributed by atoms with Crippen LogP contribution in [-0.4, -0.2) is 36.8 Å². The molecule has 0 spiro atoms. The maximum absolute atomic E-state index is 13.4. The van der Waals surface area contributed by atoms with Gasteiger partial charge in [0.05, 0.1) is 30.8 Å². The molecular formula is C20H17ClFN3O4. The summed E-state index contributed by atoms with van der Waals surface area (Å²) in [7, 11) is 3.10. The van der Waals surface area contributed by atoms with E-state index in [1.54, 1.807) is 30.2 Å². The third-order valence-electron chi connectivity index (χ3n) is 4.77. The molecule has 9 heteroatoms. The zero-order valence-corrected chi connectivity index (χ0v) is 16.4. The Hall–Kier alpha value is -3.13. The second-order valence-electron chi connectivity index (χ2n) is 6.53. The van der Waals surface area contributed by atoms with Crippen molar-refractivity contribution in [3.05, 3.63) is 53.1 Å². The first kappa shape index (κ1) is 19.2. The van der Waals surface area contributed by atoms with Gasteiger partial charge in [-0.2, -0.15) is 4.98 Å². The molecule has 1 saturated heterocycles. The molecule has 1 aliphatic heterocycles. The number of carbonyl (C=O) groups excluding carboxylic acids is 1. The van der Waals surface area contributed by atoms with Crippen LogP contribution in [0.3, 0.4) is 0 Å². The third-order valence-corrected chi connectivity index (χ3v) is 5.06.